The number of rotatable bonds is 6. The van der Waals surface area contributed by atoms with Gasteiger partial charge in [-0.25, -0.2) is 8.78 Å². The first-order valence-corrected chi connectivity index (χ1v) is 9.98. The highest BCUT2D eigenvalue weighted by Crippen LogP contribution is 2.20. The second kappa shape index (κ2) is 12.0. The van der Waals surface area contributed by atoms with Crippen LogP contribution in [0.25, 0.3) is 0 Å². The van der Waals surface area contributed by atoms with Gasteiger partial charge in [0.25, 0.3) is 0 Å². The largest absolute Gasteiger partial charge is 0.505 e. The van der Waals surface area contributed by atoms with E-state index in [9.17, 15) is 13.9 Å². The summed E-state index contributed by atoms with van der Waals surface area (Å²) in [7, 11) is 3.15. The van der Waals surface area contributed by atoms with Crippen LogP contribution in [0.5, 0.6) is 11.5 Å². The lowest BCUT2D eigenvalue weighted by Gasteiger charge is -2.33. The highest BCUT2D eigenvalue weighted by molar-refractivity contribution is 14.0. The first kappa shape index (κ1) is 25.1. The Bertz CT molecular complexity index is 890. The summed E-state index contributed by atoms with van der Waals surface area (Å²) in [4.78, 5) is 6.53. The number of aromatic hydroxyl groups is 1. The van der Waals surface area contributed by atoms with Gasteiger partial charge in [0.15, 0.2) is 29.1 Å². The number of nitrogens with zero attached hydrogens (tertiary/aromatic N) is 2. The summed E-state index contributed by atoms with van der Waals surface area (Å²) in [5.74, 6) is -0.420. The van der Waals surface area contributed by atoms with Crippen LogP contribution in [-0.2, 0) is 13.1 Å². The van der Waals surface area contributed by atoms with Crippen molar-refractivity contribution in [1.29, 1.82) is 0 Å². The lowest BCUT2D eigenvalue weighted by molar-refractivity contribution is 0.198. The van der Waals surface area contributed by atoms with Crippen molar-refractivity contribution in [2.24, 2.45) is 4.99 Å². The van der Waals surface area contributed by atoms with Gasteiger partial charge < -0.3 is 20.5 Å². The Hall–Kier alpha value is -2.14. The zero-order chi connectivity index (χ0) is 21.5. The number of halogens is 3. The topological polar surface area (TPSA) is 69.1 Å². The lowest BCUT2D eigenvalue weighted by atomic mass is 10.0. The minimum Gasteiger partial charge on any atom is -0.505 e. The fraction of sp³-hybridized carbons (Fsp3) is 0.409. The molecule has 3 rings (SSSR count). The van der Waals surface area contributed by atoms with E-state index >= 15 is 0 Å². The number of ether oxygens (including phenoxy) is 1. The number of benzene rings is 2. The van der Waals surface area contributed by atoms with Crippen molar-refractivity contribution >= 4 is 29.9 Å². The molecule has 1 aliphatic rings. The van der Waals surface area contributed by atoms with Crippen molar-refractivity contribution in [1.82, 2.24) is 15.5 Å². The maximum atomic E-state index is 13.9. The number of likely N-dealkylation sites (tertiary alicyclic amines) is 1. The molecular formula is C22H29F2IN4O2. The van der Waals surface area contributed by atoms with Crippen molar-refractivity contribution in [3.8, 4) is 11.5 Å². The molecule has 2 aromatic carbocycles. The molecule has 1 saturated heterocycles. The quantitative estimate of drug-likeness (QED) is 0.294. The first-order chi connectivity index (χ1) is 14.5. The monoisotopic (exact) mass is 546 g/mol. The molecule has 6 nitrogen and oxygen atoms in total. The molecule has 1 heterocycles. The smallest absolute Gasteiger partial charge is 0.191 e. The van der Waals surface area contributed by atoms with Crippen LogP contribution in [-0.4, -0.2) is 49.3 Å². The maximum Gasteiger partial charge on any atom is 0.191 e. The van der Waals surface area contributed by atoms with Gasteiger partial charge in [0, 0.05) is 39.3 Å². The van der Waals surface area contributed by atoms with Crippen LogP contribution in [0.4, 0.5) is 8.78 Å². The summed E-state index contributed by atoms with van der Waals surface area (Å²) in [5, 5.41) is 15.8. The molecule has 0 bridgehead atoms. The van der Waals surface area contributed by atoms with E-state index in [0.29, 0.717) is 19.0 Å². The standard InChI is InChI=1S/C22H28F2N4O2.HI/c1-25-22(26-13-15-3-5-20(29)18(23)11-15)27-17-7-9-28(10-8-17)14-16-4-6-21(30-2)19(24)12-16;/h3-6,11-12,17,29H,7-10,13-14H2,1-2H3,(H2,25,26,27);1H. The third-order valence-corrected chi connectivity index (χ3v) is 5.25. The Kier molecular flexibility index (Phi) is 9.76. The molecule has 0 aromatic heterocycles. The maximum absolute atomic E-state index is 13.9. The van der Waals surface area contributed by atoms with Gasteiger partial charge in [-0.2, -0.15) is 0 Å². The second-order valence-corrected chi connectivity index (χ2v) is 7.38. The predicted octanol–water partition coefficient (Wildman–Crippen LogP) is 3.63. The highest BCUT2D eigenvalue weighted by atomic mass is 127. The van der Waals surface area contributed by atoms with E-state index in [4.69, 9.17) is 4.74 Å². The van der Waals surface area contributed by atoms with E-state index in [0.717, 1.165) is 37.1 Å². The molecule has 0 aliphatic carbocycles. The van der Waals surface area contributed by atoms with Crippen LogP contribution < -0.4 is 15.4 Å². The molecule has 1 fully saturated rings. The van der Waals surface area contributed by atoms with Crippen LogP contribution in [0, 0.1) is 11.6 Å². The van der Waals surface area contributed by atoms with Crippen LogP contribution in [0.1, 0.15) is 24.0 Å². The summed E-state index contributed by atoms with van der Waals surface area (Å²) in [6.07, 6.45) is 1.88. The zero-order valence-corrected chi connectivity index (χ0v) is 20.0. The van der Waals surface area contributed by atoms with E-state index in [2.05, 4.69) is 20.5 Å². The molecule has 0 saturated carbocycles. The molecule has 0 spiro atoms. The van der Waals surface area contributed by atoms with Crippen molar-refractivity contribution < 1.29 is 18.6 Å². The Morgan fingerprint density at radius 3 is 2.42 bits per heavy atom. The van der Waals surface area contributed by atoms with Gasteiger partial charge >= 0.3 is 0 Å². The summed E-state index contributed by atoms with van der Waals surface area (Å²) in [6.45, 7) is 2.89. The van der Waals surface area contributed by atoms with E-state index in [1.807, 2.05) is 6.07 Å². The van der Waals surface area contributed by atoms with Crippen LogP contribution in [0.3, 0.4) is 0 Å². The van der Waals surface area contributed by atoms with Gasteiger partial charge in [-0.1, -0.05) is 12.1 Å². The summed E-state index contributed by atoms with van der Waals surface area (Å²) >= 11 is 0. The number of hydrogen-bond acceptors (Lipinski definition) is 4. The third kappa shape index (κ3) is 7.20. The van der Waals surface area contributed by atoms with Gasteiger partial charge in [0.2, 0.25) is 0 Å². The molecular weight excluding hydrogens is 517 g/mol. The number of methoxy groups -OCH3 is 1. The number of hydrogen-bond donors (Lipinski definition) is 3. The van der Waals surface area contributed by atoms with Gasteiger partial charge in [-0.3, -0.25) is 9.89 Å². The average Bonchev–Trinajstić information content (AvgIpc) is 2.75. The predicted molar refractivity (Wildman–Crippen MR) is 128 cm³/mol. The third-order valence-electron chi connectivity index (χ3n) is 5.25. The SMILES string of the molecule is CN=C(NCc1ccc(O)c(F)c1)NC1CCN(Cc2ccc(OC)c(F)c2)CC1.I. The zero-order valence-electron chi connectivity index (χ0n) is 17.7. The number of nitrogens with one attached hydrogen (secondary N) is 2. The molecule has 3 N–H and O–H groups in total. The number of piperidine rings is 1. The van der Waals surface area contributed by atoms with Crippen LogP contribution in [0.2, 0.25) is 0 Å². The molecule has 0 unspecified atom stereocenters. The summed E-state index contributed by atoms with van der Waals surface area (Å²) in [5.41, 5.74) is 1.65. The lowest BCUT2D eigenvalue weighted by Crippen LogP contribution is -2.48. The van der Waals surface area contributed by atoms with Crippen molar-refractivity contribution in [2.75, 3.05) is 27.2 Å². The van der Waals surface area contributed by atoms with Crippen LogP contribution in [0.15, 0.2) is 41.4 Å². The van der Waals surface area contributed by atoms with Crippen molar-refractivity contribution in [3.05, 3.63) is 59.2 Å². The fourth-order valence-corrected chi connectivity index (χ4v) is 3.54. The Labute approximate surface area is 198 Å². The second-order valence-electron chi connectivity index (χ2n) is 7.38. The highest BCUT2D eigenvalue weighted by Gasteiger charge is 2.20. The number of phenols is 1. The van der Waals surface area contributed by atoms with Crippen molar-refractivity contribution in [2.45, 2.75) is 32.0 Å². The van der Waals surface area contributed by atoms with Gasteiger partial charge in [0.05, 0.1) is 7.11 Å². The molecule has 1 aliphatic heterocycles. The Morgan fingerprint density at radius 1 is 1.13 bits per heavy atom. The molecule has 31 heavy (non-hydrogen) atoms. The van der Waals surface area contributed by atoms with E-state index < -0.39 is 5.82 Å². The number of phenolic OH excluding ortho intramolecular Hbond substituents is 1. The number of guanidine groups is 1. The number of aliphatic imine (C=N–C) groups is 1. The average molecular weight is 546 g/mol. The van der Waals surface area contributed by atoms with Crippen molar-refractivity contribution in [3.63, 3.8) is 0 Å². The summed E-state index contributed by atoms with van der Waals surface area (Å²) in [6, 6.07) is 9.67. The van der Waals surface area contributed by atoms with Gasteiger partial charge in [0.1, 0.15) is 0 Å². The summed E-state index contributed by atoms with van der Waals surface area (Å²) < 4.78 is 32.3. The Balaban J connectivity index is 0.00000341. The van der Waals surface area contributed by atoms with Gasteiger partial charge in [-0.05, 0) is 48.2 Å². The van der Waals surface area contributed by atoms with E-state index in [1.165, 1.54) is 25.3 Å². The minimum atomic E-state index is -0.638. The van der Waals surface area contributed by atoms with E-state index in [1.54, 1.807) is 19.2 Å². The first-order valence-electron chi connectivity index (χ1n) is 9.98. The molecule has 0 radical (unpaired) electrons. The molecule has 2 aromatic rings. The minimum absolute atomic E-state index is 0. The molecule has 0 atom stereocenters. The Morgan fingerprint density at radius 2 is 1.81 bits per heavy atom. The normalized spacial score (nSPS) is 15.3. The molecule has 0 amide bonds. The van der Waals surface area contributed by atoms with Gasteiger partial charge in [-0.15, -0.1) is 24.0 Å². The molecule has 9 heteroatoms. The molecule has 170 valence electrons. The van der Waals surface area contributed by atoms with E-state index in [-0.39, 0.29) is 47.3 Å². The fourth-order valence-electron chi connectivity index (χ4n) is 3.54. The van der Waals surface area contributed by atoms with Crippen LogP contribution >= 0.6 is 24.0 Å².